The minimum Gasteiger partial charge on any atom is -0.458 e. The van der Waals surface area contributed by atoms with Crippen LogP contribution in [0.1, 0.15) is 64.7 Å². The van der Waals surface area contributed by atoms with Crippen LogP contribution in [0, 0.1) is 5.92 Å². The highest BCUT2D eigenvalue weighted by Gasteiger charge is 2.51. The number of imidazole rings is 1. The number of halogens is 1. The summed E-state index contributed by atoms with van der Waals surface area (Å²) >= 11 is 6.56. The van der Waals surface area contributed by atoms with Gasteiger partial charge in [0.05, 0.1) is 17.6 Å². The van der Waals surface area contributed by atoms with Gasteiger partial charge in [-0.05, 0) is 73.3 Å². The monoisotopic (exact) mass is 737 g/mol. The normalized spacial score (nSPS) is 17.5. The second-order valence-corrected chi connectivity index (χ2v) is 19.7. The highest BCUT2D eigenvalue weighted by atomic mass is 35.5. The number of benzene rings is 3. The number of amides is 1. The highest BCUT2D eigenvalue weighted by Crippen LogP contribution is 2.40. The molecule has 3 unspecified atom stereocenters. The molecule has 0 bridgehead atoms. The van der Waals surface area contributed by atoms with Crippen molar-refractivity contribution in [2.24, 2.45) is 5.92 Å². The van der Waals surface area contributed by atoms with Crippen LogP contribution < -0.4 is 15.3 Å². The quantitative estimate of drug-likeness (QED) is 0.0697. The molecule has 3 aromatic carbocycles. The van der Waals surface area contributed by atoms with Crippen molar-refractivity contribution in [1.82, 2.24) is 19.9 Å². The lowest BCUT2D eigenvalue weighted by molar-refractivity contribution is 0.0172. The van der Waals surface area contributed by atoms with E-state index in [1.165, 1.54) is 11.2 Å². The predicted octanol–water partition coefficient (Wildman–Crippen LogP) is 8.15. The lowest BCUT2D eigenvalue weighted by Crippen LogP contribution is -2.67. The molecule has 0 saturated heterocycles. The van der Waals surface area contributed by atoms with E-state index < -0.39 is 25.0 Å². The molecule has 5 aromatic rings. The Bertz CT molecular complexity index is 2080. The smallest absolute Gasteiger partial charge is 0.421 e. The molecule has 0 spiro atoms. The number of carbonyl (C=O) groups is 2. The van der Waals surface area contributed by atoms with E-state index in [9.17, 15) is 9.59 Å². The molecule has 270 valence electrons. The maximum atomic E-state index is 14.0. The Hall–Kier alpha value is -4.84. The number of hydrogen-bond acceptors (Lipinski definition) is 8. The molecule has 10 nitrogen and oxygen atoms in total. The average molecular weight is 738 g/mol. The van der Waals surface area contributed by atoms with Gasteiger partial charge in [-0.3, -0.25) is 0 Å². The zero-order chi connectivity index (χ0) is 37.3. The van der Waals surface area contributed by atoms with Crippen molar-refractivity contribution < 1.29 is 23.5 Å². The van der Waals surface area contributed by atoms with E-state index in [4.69, 9.17) is 25.5 Å². The lowest BCUT2D eigenvalue weighted by atomic mass is 10.0. The number of ether oxygens (including phenoxy) is 2. The Morgan fingerprint density at radius 1 is 0.942 bits per heavy atom. The number of H-pyrrole nitrogens is 1. The van der Waals surface area contributed by atoms with Gasteiger partial charge in [-0.25, -0.2) is 19.5 Å². The summed E-state index contributed by atoms with van der Waals surface area (Å²) in [4.78, 5) is 44.8. The van der Waals surface area contributed by atoms with Crippen LogP contribution in [-0.2, 0) is 13.9 Å². The van der Waals surface area contributed by atoms with Gasteiger partial charge < -0.3 is 18.9 Å². The number of fused-ring (bicyclic) bond motifs is 1. The summed E-state index contributed by atoms with van der Waals surface area (Å²) < 4.78 is 19.3. The molecule has 1 aliphatic carbocycles. The SMILES string of the molecule is C=C1CCC(OC(=O)c2ccccc2)C1CO[Si](c1ccccc1)(c1cccc(N(C(=O)OC(C)(C)C)c2nc(Cl)c3[nH]cnc3n2)c1)C(C)(C)C. The molecule has 0 aliphatic heterocycles. The van der Waals surface area contributed by atoms with Crippen molar-refractivity contribution in [3.63, 3.8) is 0 Å². The minimum atomic E-state index is -3.23. The van der Waals surface area contributed by atoms with Gasteiger partial charge in [0.2, 0.25) is 5.95 Å². The van der Waals surface area contributed by atoms with Crippen LogP contribution >= 0.6 is 11.6 Å². The number of rotatable bonds is 9. The van der Waals surface area contributed by atoms with Gasteiger partial charge in [0.25, 0.3) is 8.32 Å². The number of hydrogen-bond donors (Lipinski definition) is 1. The first-order valence-corrected chi connectivity index (χ1v) is 19.6. The largest absolute Gasteiger partial charge is 0.458 e. The molecule has 2 heterocycles. The first-order valence-electron chi connectivity index (χ1n) is 17.3. The van der Waals surface area contributed by atoms with Crippen LogP contribution in [-0.4, -0.2) is 58.6 Å². The van der Waals surface area contributed by atoms with E-state index in [0.717, 1.165) is 22.4 Å². The second-order valence-electron chi connectivity index (χ2n) is 15.0. The summed E-state index contributed by atoms with van der Waals surface area (Å²) in [6.45, 7) is 16.6. The van der Waals surface area contributed by atoms with Crippen LogP contribution in [0.2, 0.25) is 10.2 Å². The number of nitrogens with one attached hydrogen (secondary N) is 1. The Morgan fingerprint density at radius 3 is 2.29 bits per heavy atom. The predicted molar refractivity (Wildman–Crippen MR) is 206 cm³/mol. The van der Waals surface area contributed by atoms with Gasteiger partial charge in [-0.15, -0.1) is 0 Å². The summed E-state index contributed by atoms with van der Waals surface area (Å²) in [6, 6.07) is 26.9. The molecule has 3 atom stereocenters. The standard InChI is InChI=1S/C40H44ClN5O5Si/c1-26-21-22-32(50-36(47)27-15-10-8-11-16-27)31(26)24-49-52(40(5,6)7,29-18-12-9-13-19-29)30-20-14-17-28(23-30)46(38(48)51-39(2,3)4)37-44-34(41)33-35(45-37)43-25-42-33/h8-20,23,25,31-32H,1,21-22,24H2,2-7H3,(H,42,43,44,45). The van der Waals surface area contributed by atoms with Crippen molar-refractivity contribution in [2.45, 2.75) is 71.1 Å². The third-order valence-electron chi connectivity index (χ3n) is 9.22. The first-order chi connectivity index (χ1) is 24.7. The molecule has 0 radical (unpaired) electrons. The van der Waals surface area contributed by atoms with Gasteiger partial charge >= 0.3 is 12.1 Å². The van der Waals surface area contributed by atoms with Crippen molar-refractivity contribution in [3.05, 3.63) is 114 Å². The zero-order valence-electron chi connectivity index (χ0n) is 30.4. The second kappa shape index (κ2) is 14.6. The van der Waals surface area contributed by atoms with Crippen LogP contribution in [0.15, 0.2) is 103 Å². The van der Waals surface area contributed by atoms with Crippen LogP contribution in [0.4, 0.5) is 16.4 Å². The molecule has 1 saturated carbocycles. The Labute approximate surface area is 310 Å². The Kier molecular flexibility index (Phi) is 10.4. The zero-order valence-corrected chi connectivity index (χ0v) is 32.1. The summed E-state index contributed by atoms with van der Waals surface area (Å²) in [6.07, 6.45) is 1.82. The van der Waals surface area contributed by atoms with E-state index in [-0.39, 0.29) is 29.1 Å². The maximum Gasteiger partial charge on any atom is 0.421 e. The summed E-state index contributed by atoms with van der Waals surface area (Å²) in [7, 11) is -3.23. The Morgan fingerprint density at radius 2 is 1.62 bits per heavy atom. The molecule has 52 heavy (non-hydrogen) atoms. The van der Waals surface area contributed by atoms with Crippen molar-refractivity contribution in [2.75, 3.05) is 11.5 Å². The minimum absolute atomic E-state index is 0.0185. The van der Waals surface area contributed by atoms with E-state index in [0.29, 0.717) is 35.4 Å². The molecule has 1 fully saturated rings. The fourth-order valence-electron chi connectivity index (χ4n) is 6.79. The van der Waals surface area contributed by atoms with Gasteiger partial charge in [-0.2, -0.15) is 9.97 Å². The molecule has 1 amide bonds. The van der Waals surface area contributed by atoms with Gasteiger partial charge in [-0.1, -0.05) is 105 Å². The fourth-order valence-corrected chi connectivity index (χ4v) is 11.6. The number of aromatic amines is 1. The van der Waals surface area contributed by atoms with Crippen molar-refractivity contribution in [1.29, 1.82) is 0 Å². The van der Waals surface area contributed by atoms with E-state index in [1.54, 1.807) is 32.9 Å². The Balaban J connectivity index is 1.43. The molecular weight excluding hydrogens is 694 g/mol. The van der Waals surface area contributed by atoms with Gasteiger partial charge in [0.1, 0.15) is 17.2 Å². The molecule has 2 aromatic heterocycles. The number of carbonyl (C=O) groups excluding carboxylic acids is 2. The number of nitrogens with zero attached hydrogens (tertiary/aromatic N) is 4. The highest BCUT2D eigenvalue weighted by molar-refractivity contribution is 6.99. The third kappa shape index (κ3) is 7.53. The molecule has 1 aliphatic rings. The van der Waals surface area contributed by atoms with Crippen LogP contribution in [0.3, 0.4) is 0 Å². The van der Waals surface area contributed by atoms with Crippen molar-refractivity contribution in [3.8, 4) is 0 Å². The number of esters is 1. The van der Waals surface area contributed by atoms with Crippen LogP contribution in [0.5, 0.6) is 0 Å². The summed E-state index contributed by atoms with van der Waals surface area (Å²) in [5, 5.41) is 1.66. The molecule has 1 N–H and O–H groups in total. The van der Waals surface area contributed by atoms with Gasteiger partial charge in [0.15, 0.2) is 10.8 Å². The fraction of sp³-hybridized carbons (Fsp3) is 0.325. The van der Waals surface area contributed by atoms with Crippen molar-refractivity contribution >= 4 is 65.2 Å². The summed E-state index contributed by atoms with van der Waals surface area (Å²) in [5.41, 5.74) is 1.92. The molecule has 12 heteroatoms. The molecule has 6 rings (SSSR count). The van der Waals surface area contributed by atoms with E-state index in [1.807, 2.05) is 60.7 Å². The first kappa shape index (κ1) is 36.9. The number of anilines is 2. The number of aromatic nitrogens is 4. The van der Waals surface area contributed by atoms with Gasteiger partial charge in [0, 0.05) is 12.5 Å². The summed E-state index contributed by atoms with van der Waals surface area (Å²) in [5.74, 6) is -0.550. The lowest BCUT2D eigenvalue weighted by Gasteiger charge is -2.44. The third-order valence-corrected chi connectivity index (χ3v) is 14.5. The molecular formula is C40H44ClN5O5Si. The van der Waals surface area contributed by atoms with E-state index in [2.05, 4.69) is 59.4 Å². The average Bonchev–Trinajstić information content (AvgIpc) is 3.71. The van der Waals surface area contributed by atoms with E-state index >= 15 is 0 Å². The topological polar surface area (TPSA) is 120 Å². The van der Waals surface area contributed by atoms with Crippen LogP contribution in [0.25, 0.3) is 11.2 Å². The maximum absolute atomic E-state index is 14.0.